The zero-order chi connectivity index (χ0) is 15.0. The molecule has 1 aliphatic rings. The van der Waals surface area contributed by atoms with Gasteiger partial charge in [-0.25, -0.2) is 0 Å². The number of aryl methyl sites for hydroxylation is 2. The maximum Gasteiger partial charge on any atom is 0.263 e. The lowest BCUT2D eigenvalue weighted by Crippen LogP contribution is -2.39. The molecule has 0 saturated carbocycles. The van der Waals surface area contributed by atoms with Crippen molar-refractivity contribution in [3.05, 3.63) is 25.6 Å². The maximum absolute atomic E-state index is 12.7. The predicted octanol–water partition coefficient (Wildman–Crippen LogP) is 2.07. The first-order valence-electron chi connectivity index (χ1n) is 7.11. The van der Waals surface area contributed by atoms with Gasteiger partial charge in [-0.3, -0.25) is 14.3 Å². The number of rotatable bonds is 3. The Bertz CT molecular complexity index is 769. The number of thiophene rings is 1. The van der Waals surface area contributed by atoms with E-state index >= 15 is 0 Å². The third kappa shape index (κ3) is 2.83. The largest absolute Gasteiger partial charge is 0.379 e. The van der Waals surface area contributed by atoms with Crippen LogP contribution in [0.2, 0.25) is 0 Å². The van der Waals surface area contributed by atoms with Crippen LogP contribution in [0.3, 0.4) is 0 Å². The van der Waals surface area contributed by atoms with E-state index in [9.17, 15) is 4.79 Å². The summed E-state index contributed by atoms with van der Waals surface area (Å²) >= 11 is 6.96. The fourth-order valence-electron chi connectivity index (χ4n) is 2.63. The Morgan fingerprint density at radius 3 is 2.71 bits per heavy atom. The molecule has 1 N–H and O–H groups in total. The Hall–Kier alpha value is -1.02. The summed E-state index contributed by atoms with van der Waals surface area (Å²) in [6.07, 6.45) is 0. The molecule has 7 heteroatoms. The third-order valence-corrected chi connectivity index (χ3v) is 5.50. The Labute approximate surface area is 132 Å². The molecule has 0 spiro atoms. The highest BCUT2D eigenvalue weighted by Gasteiger charge is 2.14. The molecule has 0 aliphatic carbocycles. The van der Waals surface area contributed by atoms with E-state index in [1.165, 1.54) is 4.88 Å². The van der Waals surface area contributed by atoms with Gasteiger partial charge in [0.2, 0.25) is 0 Å². The second-order valence-electron chi connectivity index (χ2n) is 5.33. The second-order valence-corrected chi connectivity index (χ2v) is 6.94. The van der Waals surface area contributed by atoms with Crippen molar-refractivity contribution in [2.24, 2.45) is 0 Å². The molecule has 5 nitrogen and oxygen atoms in total. The number of aromatic nitrogens is 2. The smallest absolute Gasteiger partial charge is 0.263 e. The van der Waals surface area contributed by atoms with E-state index in [0.717, 1.165) is 48.6 Å². The van der Waals surface area contributed by atoms with Gasteiger partial charge >= 0.3 is 0 Å². The first kappa shape index (κ1) is 14.9. The summed E-state index contributed by atoms with van der Waals surface area (Å²) in [6, 6.07) is 0. The summed E-state index contributed by atoms with van der Waals surface area (Å²) in [6.45, 7) is 8.86. The van der Waals surface area contributed by atoms with Crippen molar-refractivity contribution in [2.75, 3.05) is 32.8 Å². The van der Waals surface area contributed by atoms with Gasteiger partial charge in [0.25, 0.3) is 5.56 Å². The fraction of sp³-hybridized carbons (Fsp3) is 0.571. The molecule has 2 aromatic rings. The van der Waals surface area contributed by atoms with Gasteiger partial charge in [-0.05, 0) is 31.6 Å². The lowest BCUT2D eigenvalue weighted by molar-refractivity contribution is 0.0362. The van der Waals surface area contributed by atoms with Crippen LogP contribution >= 0.6 is 23.6 Å². The minimum Gasteiger partial charge on any atom is -0.379 e. The highest BCUT2D eigenvalue weighted by atomic mass is 32.1. The predicted molar refractivity (Wildman–Crippen MR) is 88.0 cm³/mol. The Morgan fingerprint density at radius 2 is 2.00 bits per heavy atom. The summed E-state index contributed by atoms with van der Waals surface area (Å²) in [5.74, 6) is 0. The quantitative estimate of drug-likeness (QED) is 0.878. The minimum absolute atomic E-state index is 0.0314. The van der Waals surface area contributed by atoms with Crippen molar-refractivity contribution >= 4 is 33.8 Å². The lowest BCUT2D eigenvalue weighted by Gasteiger charge is -2.26. The molecule has 1 saturated heterocycles. The molecule has 1 aliphatic heterocycles. The SMILES string of the molecule is Cc1sc2[nH]c(=S)n(CCN3CCOCC3)c(=O)c2c1C. The van der Waals surface area contributed by atoms with Crippen LogP contribution in [0.1, 0.15) is 10.4 Å². The molecular formula is C14H19N3O2S2. The highest BCUT2D eigenvalue weighted by molar-refractivity contribution is 7.71. The van der Waals surface area contributed by atoms with Crippen molar-refractivity contribution in [3.63, 3.8) is 0 Å². The summed E-state index contributed by atoms with van der Waals surface area (Å²) in [5, 5.41) is 0.785. The molecule has 0 amide bonds. The first-order valence-corrected chi connectivity index (χ1v) is 8.33. The van der Waals surface area contributed by atoms with Gasteiger partial charge in [-0.1, -0.05) is 0 Å². The number of H-pyrrole nitrogens is 1. The number of hydrogen-bond acceptors (Lipinski definition) is 5. The summed E-state index contributed by atoms with van der Waals surface area (Å²) in [7, 11) is 0. The fourth-order valence-corrected chi connectivity index (χ4v) is 4.03. The summed E-state index contributed by atoms with van der Waals surface area (Å²) in [4.78, 5) is 20.3. The van der Waals surface area contributed by atoms with E-state index in [0.29, 0.717) is 11.3 Å². The van der Waals surface area contributed by atoms with E-state index < -0.39 is 0 Å². The molecule has 0 unspecified atom stereocenters. The van der Waals surface area contributed by atoms with Gasteiger partial charge in [0.15, 0.2) is 4.77 Å². The van der Waals surface area contributed by atoms with Crippen LogP contribution in [0, 0.1) is 18.6 Å². The average Bonchev–Trinajstić information content (AvgIpc) is 2.74. The van der Waals surface area contributed by atoms with E-state index in [1.807, 2.05) is 13.8 Å². The second kappa shape index (κ2) is 6.00. The van der Waals surface area contributed by atoms with Crippen LogP contribution in [0.25, 0.3) is 10.2 Å². The number of nitrogens with one attached hydrogen (secondary N) is 1. The molecule has 0 atom stereocenters. The van der Waals surface area contributed by atoms with Crippen LogP contribution in [-0.4, -0.2) is 47.3 Å². The van der Waals surface area contributed by atoms with Gasteiger partial charge in [0.05, 0.1) is 18.6 Å². The topological polar surface area (TPSA) is 50.3 Å². The molecule has 3 rings (SSSR count). The van der Waals surface area contributed by atoms with Crippen molar-refractivity contribution in [1.29, 1.82) is 0 Å². The van der Waals surface area contributed by atoms with Gasteiger partial charge in [-0.15, -0.1) is 11.3 Å². The molecule has 0 radical (unpaired) electrons. The van der Waals surface area contributed by atoms with Crippen molar-refractivity contribution in [1.82, 2.24) is 14.5 Å². The standard InChI is InChI=1S/C14H19N3O2S2/c1-9-10(2)21-12-11(9)13(18)17(14(20)15-12)4-3-16-5-7-19-8-6-16/h3-8H2,1-2H3,(H,15,20). The Morgan fingerprint density at radius 1 is 1.29 bits per heavy atom. The molecule has 1 fully saturated rings. The molecular weight excluding hydrogens is 306 g/mol. The summed E-state index contributed by atoms with van der Waals surface area (Å²) < 4.78 is 7.54. The van der Waals surface area contributed by atoms with E-state index in [2.05, 4.69) is 9.88 Å². The van der Waals surface area contributed by atoms with Crippen LogP contribution in [0.15, 0.2) is 4.79 Å². The van der Waals surface area contributed by atoms with E-state index in [1.54, 1.807) is 15.9 Å². The van der Waals surface area contributed by atoms with E-state index in [4.69, 9.17) is 17.0 Å². The minimum atomic E-state index is 0.0314. The molecule has 3 heterocycles. The van der Waals surface area contributed by atoms with Crippen molar-refractivity contribution in [2.45, 2.75) is 20.4 Å². The number of ether oxygens (including phenoxy) is 1. The zero-order valence-corrected chi connectivity index (χ0v) is 13.9. The molecule has 2 aromatic heterocycles. The van der Waals surface area contributed by atoms with Gasteiger partial charge in [-0.2, -0.15) is 0 Å². The van der Waals surface area contributed by atoms with Crippen molar-refractivity contribution < 1.29 is 4.74 Å². The summed E-state index contributed by atoms with van der Waals surface area (Å²) in [5.41, 5.74) is 1.09. The van der Waals surface area contributed by atoms with Crippen LogP contribution in [-0.2, 0) is 11.3 Å². The normalized spacial score (nSPS) is 16.7. The Balaban J connectivity index is 1.92. The highest BCUT2D eigenvalue weighted by Crippen LogP contribution is 2.25. The molecule has 21 heavy (non-hydrogen) atoms. The number of hydrogen-bond donors (Lipinski definition) is 1. The number of fused-ring (bicyclic) bond motifs is 1. The third-order valence-electron chi connectivity index (χ3n) is 4.05. The van der Waals surface area contributed by atoms with Crippen LogP contribution < -0.4 is 5.56 Å². The van der Waals surface area contributed by atoms with Gasteiger partial charge in [0, 0.05) is 31.1 Å². The molecule has 114 valence electrons. The van der Waals surface area contributed by atoms with Gasteiger partial charge < -0.3 is 9.72 Å². The van der Waals surface area contributed by atoms with Crippen LogP contribution in [0.5, 0.6) is 0 Å². The lowest BCUT2D eigenvalue weighted by atomic mass is 10.2. The first-order chi connectivity index (χ1) is 10.1. The molecule has 0 bridgehead atoms. The van der Waals surface area contributed by atoms with Gasteiger partial charge in [0.1, 0.15) is 4.83 Å². The molecule has 0 aromatic carbocycles. The maximum atomic E-state index is 12.7. The number of aromatic amines is 1. The number of nitrogens with zero attached hydrogens (tertiary/aromatic N) is 2. The Kier molecular flexibility index (Phi) is 4.26. The number of morpholine rings is 1. The van der Waals surface area contributed by atoms with Crippen LogP contribution in [0.4, 0.5) is 0 Å². The van der Waals surface area contributed by atoms with E-state index in [-0.39, 0.29) is 5.56 Å². The zero-order valence-electron chi connectivity index (χ0n) is 12.3. The monoisotopic (exact) mass is 325 g/mol. The van der Waals surface area contributed by atoms with Crippen molar-refractivity contribution in [3.8, 4) is 0 Å². The average molecular weight is 325 g/mol.